The average molecular weight is 907 g/mol. The second kappa shape index (κ2) is 23.4. The number of nitrogens with zero attached hydrogens (tertiary/aromatic N) is 4. The molecule has 5 unspecified atom stereocenters. The number of aliphatic imine (C=N–C) groups is 3. The number of carbonyl (C=O) groups is 3. The first kappa shape index (κ1) is 52.4. The molecule has 348 valence electrons. The standard InChI is InChI=1S/C55H72N4O6.Mg/c1-12-38-35(8)42-27-43-36(9)40(23-24-48(61)65-26-25-34(7)22-16-21-33(6)20-15-19-32(5)18-14-17-31(3)4)52(58-43)50-51(55(63)64-11)54(62)49-37(10)44(59-53(49)50)28-46-39(13-2)41(30-60)47(57-46)29-45(38)56-42;/h12,25,27-33,36,40,51H,1,13-24,26H2,2-11H3,(H2,56,57,58,59,60,62);/q;+2/p-2. The normalized spacial score (nSPS) is 21.6. The van der Waals surface area contributed by atoms with Gasteiger partial charge in [-0.2, -0.15) is 0 Å². The summed E-state index contributed by atoms with van der Waals surface area (Å²) in [5.74, 6) is -0.983. The summed E-state index contributed by atoms with van der Waals surface area (Å²) < 4.78 is 11.0. The molecule has 0 aromatic carbocycles. The van der Waals surface area contributed by atoms with Crippen molar-refractivity contribution in [2.45, 2.75) is 139 Å². The van der Waals surface area contributed by atoms with E-state index in [1.54, 1.807) is 12.2 Å². The molecule has 6 rings (SSSR count). The Morgan fingerprint density at radius 3 is 2.26 bits per heavy atom. The topological polar surface area (TPSA) is 144 Å². The summed E-state index contributed by atoms with van der Waals surface area (Å²) in [4.78, 5) is 61.5. The largest absolute Gasteiger partial charge is 2.00 e. The molecule has 0 saturated carbocycles. The van der Waals surface area contributed by atoms with Crippen molar-refractivity contribution < 1.29 is 29.0 Å². The maximum absolute atomic E-state index is 14.4. The molecule has 5 heterocycles. The van der Waals surface area contributed by atoms with Gasteiger partial charge in [-0.25, -0.2) is 9.98 Å². The minimum Gasteiger partial charge on any atom is -0.877 e. The molecule has 0 N–H and O–H groups in total. The Kier molecular flexibility index (Phi) is 18.6. The summed E-state index contributed by atoms with van der Waals surface area (Å²) in [7, 11) is 1.27. The maximum atomic E-state index is 14.4. The Balaban J connectivity index is 0.00000817. The van der Waals surface area contributed by atoms with Crippen LogP contribution in [0, 0.1) is 42.4 Å². The van der Waals surface area contributed by atoms with Crippen molar-refractivity contribution in [3.63, 3.8) is 0 Å². The monoisotopic (exact) mass is 907 g/mol. The van der Waals surface area contributed by atoms with Crippen molar-refractivity contribution in [2.75, 3.05) is 13.7 Å². The number of Topliss-reactive ketones (excluding diaryl/α,β-unsaturated/α-hetero) is 1. The van der Waals surface area contributed by atoms with Crippen LogP contribution < -0.4 is 20.8 Å². The zero-order chi connectivity index (χ0) is 47.1. The molecule has 5 aliphatic rings. The van der Waals surface area contributed by atoms with Crippen molar-refractivity contribution in [1.29, 1.82) is 0 Å². The van der Waals surface area contributed by atoms with Crippen LogP contribution in [0.15, 0.2) is 97.1 Å². The smallest absolute Gasteiger partial charge is 0.877 e. The van der Waals surface area contributed by atoms with Crippen LogP contribution in [0.5, 0.6) is 0 Å². The number of allylic oxidation sites excluding steroid dienone is 9. The Labute approximate surface area is 408 Å². The molecule has 0 fully saturated rings. The Hall–Kier alpha value is -4.61. The third-order valence-electron chi connectivity index (χ3n) is 14.1. The number of ether oxygens (including phenoxy) is 2. The van der Waals surface area contributed by atoms with E-state index in [4.69, 9.17) is 29.4 Å². The fraction of sp³-hybridized carbons (Fsp3) is 0.527. The number of rotatable bonds is 20. The minimum absolute atomic E-state index is 0. The van der Waals surface area contributed by atoms with Crippen molar-refractivity contribution in [1.82, 2.24) is 4.98 Å². The fourth-order valence-electron chi connectivity index (χ4n) is 10.0. The molecule has 1 aliphatic carbocycles. The molecule has 5 atom stereocenters. The van der Waals surface area contributed by atoms with Gasteiger partial charge < -0.3 is 19.6 Å². The van der Waals surface area contributed by atoms with Crippen LogP contribution in [0.2, 0.25) is 0 Å². The van der Waals surface area contributed by atoms with Crippen LogP contribution in [0.4, 0.5) is 0 Å². The van der Waals surface area contributed by atoms with E-state index in [0.29, 0.717) is 86.0 Å². The first-order valence-electron chi connectivity index (χ1n) is 24.0. The third-order valence-corrected chi connectivity index (χ3v) is 14.1. The molecule has 10 nitrogen and oxygen atoms in total. The van der Waals surface area contributed by atoms with Crippen LogP contribution >= 0.6 is 0 Å². The molecule has 8 bridgehead atoms. The minimum atomic E-state index is -1.27. The van der Waals surface area contributed by atoms with E-state index < -0.39 is 17.7 Å². The van der Waals surface area contributed by atoms with Crippen molar-refractivity contribution >= 4 is 69.6 Å². The van der Waals surface area contributed by atoms with E-state index in [1.165, 1.54) is 57.6 Å². The molecule has 4 aliphatic heterocycles. The van der Waals surface area contributed by atoms with Gasteiger partial charge in [0.05, 0.1) is 29.9 Å². The van der Waals surface area contributed by atoms with Gasteiger partial charge in [-0.3, -0.25) is 19.4 Å². The number of hydrogen-bond donors (Lipinski definition) is 0. The molecule has 11 heteroatoms. The molecule has 1 aromatic rings. The SMILES string of the molecule is C=CC1=C(C)C2=NC1=CC1=NC(=C(CC)/C1=C\[O-])C=c1[n-]c3c(c1C)C(=O)C(C(=O)OC)C=3C1=NC(=C2)C(C)C1CCC(=O)OCC=C(C)CCCC(C)CCCC(C)CCCC(C)C.[Mg+2]. The molecule has 0 amide bonds. The number of fused-ring (bicyclic) bond motifs is 5. The van der Waals surface area contributed by atoms with Crippen LogP contribution in [-0.4, -0.2) is 71.6 Å². The molecular formula is C55H70MgN4O6. The predicted molar refractivity (Wildman–Crippen MR) is 265 cm³/mol. The Bertz CT molecular complexity index is 2500. The number of esters is 2. The molecular weight excluding hydrogens is 837 g/mol. The zero-order valence-corrected chi connectivity index (χ0v) is 42.7. The van der Waals surface area contributed by atoms with Crippen LogP contribution in [0.25, 0.3) is 11.6 Å². The Morgan fingerprint density at radius 2 is 1.62 bits per heavy atom. The maximum Gasteiger partial charge on any atom is 2.00 e. The van der Waals surface area contributed by atoms with Gasteiger partial charge in [0.1, 0.15) is 12.5 Å². The van der Waals surface area contributed by atoms with Gasteiger partial charge in [-0.15, -0.1) is 17.0 Å². The molecule has 0 spiro atoms. The average Bonchev–Trinajstić information content (AvgIpc) is 4.02. The first-order chi connectivity index (χ1) is 31.1. The number of carbonyl (C=O) groups excluding carboxylic acids is 3. The molecule has 1 aromatic heterocycles. The summed E-state index contributed by atoms with van der Waals surface area (Å²) in [6, 6.07) is 0. The van der Waals surface area contributed by atoms with Crippen molar-refractivity contribution in [3.8, 4) is 0 Å². The first-order valence-corrected chi connectivity index (χ1v) is 24.0. The van der Waals surface area contributed by atoms with Crippen LogP contribution in [0.1, 0.15) is 148 Å². The van der Waals surface area contributed by atoms with Gasteiger partial charge in [0.15, 0.2) is 5.78 Å². The molecule has 0 saturated heterocycles. The van der Waals surface area contributed by atoms with Gasteiger partial charge >= 0.3 is 35.0 Å². The molecule has 0 radical (unpaired) electrons. The summed E-state index contributed by atoms with van der Waals surface area (Å²) in [5, 5.41) is 13.5. The van der Waals surface area contributed by atoms with Gasteiger partial charge in [-0.1, -0.05) is 116 Å². The van der Waals surface area contributed by atoms with E-state index in [9.17, 15) is 19.5 Å². The van der Waals surface area contributed by atoms with Gasteiger partial charge in [0, 0.05) is 40.8 Å². The number of hydrogen-bond acceptors (Lipinski definition) is 9. The second-order valence-electron chi connectivity index (χ2n) is 19.3. The summed E-state index contributed by atoms with van der Waals surface area (Å²) in [5.41, 5.74) is 9.02. The van der Waals surface area contributed by atoms with Gasteiger partial charge in [0.25, 0.3) is 0 Å². The Morgan fingerprint density at radius 1 is 0.939 bits per heavy atom. The number of methoxy groups -OCH3 is 1. The zero-order valence-electron chi connectivity index (χ0n) is 41.3. The van der Waals surface area contributed by atoms with Crippen LogP contribution in [0.3, 0.4) is 0 Å². The van der Waals surface area contributed by atoms with E-state index in [1.807, 2.05) is 45.9 Å². The van der Waals surface area contributed by atoms with E-state index >= 15 is 0 Å². The second-order valence-corrected chi connectivity index (χ2v) is 19.3. The summed E-state index contributed by atoms with van der Waals surface area (Å²) >= 11 is 0. The predicted octanol–water partition coefficient (Wildman–Crippen LogP) is 9.01. The van der Waals surface area contributed by atoms with Gasteiger partial charge in [0.2, 0.25) is 0 Å². The van der Waals surface area contributed by atoms with Crippen LogP contribution in [-0.2, 0) is 19.1 Å². The summed E-state index contributed by atoms with van der Waals surface area (Å²) in [6.45, 7) is 23.5. The summed E-state index contributed by atoms with van der Waals surface area (Å²) in [6.07, 6.45) is 22.3. The van der Waals surface area contributed by atoms with E-state index in [2.05, 4.69) is 41.2 Å². The molecule has 66 heavy (non-hydrogen) atoms. The van der Waals surface area contributed by atoms with Gasteiger partial charge in [-0.05, 0) is 105 Å². The van der Waals surface area contributed by atoms with E-state index in [-0.39, 0.29) is 53.9 Å². The quantitative estimate of drug-likeness (QED) is 0.0418. The number of aromatic nitrogens is 1. The fourth-order valence-corrected chi connectivity index (χ4v) is 10.0. The number of ketones is 1. The van der Waals surface area contributed by atoms with E-state index in [0.717, 1.165) is 47.7 Å². The van der Waals surface area contributed by atoms with Crippen molar-refractivity contribution in [3.05, 3.63) is 104 Å². The third kappa shape index (κ3) is 11.6. The van der Waals surface area contributed by atoms with Crippen molar-refractivity contribution in [2.24, 2.45) is 50.5 Å².